The Morgan fingerprint density at radius 1 is 1.38 bits per heavy atom. The summed E-state index contributed by atoms with van der Waals surface area (Å²) in [7, 11) is 1.71. The van der Waals surface area contributed by atoms with Gasteiger partial charge in [0.1, 0.15) is 5.75 Å². The Balaban J connectivity index is 1.78. The minimum atomic E-state index is 0.717. The summed E-state index contributed by atoms with van der Waals surface area (Å²) in [6.07, 6.45) is 3.51. The van der Waals surface area contributed by atoms with Gasteiger partial charge in [-0.15, -0.1) is 11.3 Å². The molecule has 0 unspecified atom stereocenters. The fraction of sp³-hybridized carbons (Fsp3) is 0.471. The van der Waals surface area contributed by atoms with Gasteiger partial charge in [-0.3, -0.25) is 0 Å². The van der Waals surface area contributed by atoms with Gasteiger partial charge in [-0.05, 0) is 37.1 Å². The van der Waals surface area contributed by atoms with Crippen molar-refractivity contribution in [1.29, 1.82) is 0 Å². The van der Waals surface area contributed by atoms with Gasteiger partial charge < -0.3 is 10.1 Å². The molecule has 0 radical (unpaired) electrons. The molecule has 1 aliphatic rings. The summed E-state index contributed by atoms with van der Waals surface area (Å²) in [5.74, 6) is 1.63. The second kappa shape index (κ2) is 6.58. The third-order valence-electron chi connectivity index (χ3n) is 3.76. The maximum Gasteiger partial charge on any atom is 0.119 e. The van der Waals surface area contributed by atoms with E-state index < -0.39 is 0 Å². The van der Waals surface area contributed by atoms with E-state index in [-0.39, 0.29) is 0 Å². The molecule has 3 rings (SSSR count). The third kappa shape index (κ3) is 3.63. The average molecular weight is 302 g/mol. The number of thiazole rings is 1. The minimum absolute atomic E-state index is 0.717. The molecular formula is C17H22N2OS. The normalized spacial score (nSPS) is 14.4. The fourth-order valence-electron chi connectivity index (χ4n) is 2.49. The first-order valence-corrected chi connectivity index (χ1v) is 8.44. The van der Waals surface area contributed by atoms with Crippen molar-refractivity contribution in [2.24, 2.45) is 0 Å². The standard InChI is InChI=1S/C17H22N2OS/c1-3-18-11-15-17(13-7-8-13)19-16(21-15)10-12-5-4-6-14(9-12)20-2/h4-6,9,13,18H,3,7-8,10-11H2,1-2H3. The maximum absolute atomic E-state index is 5.30. The quantitative estimate of drug-likeness (QED) is 0.846. The second-order valence-corrected chi connectivity index (χ2v) is 6.67. The largest absolute Gasteiger partial charge is 0.497 e. The maximum atomic E-state index is 5.30. The van der Waals surface area contributed by atoms with Crippen molar-refractivity contribution >= 4 is 11.3 Å². The van der Waals surface area contributed by atoms with Gasteiger partial charge in [0.15, 0.2) is 0 Å². The molecule has 1 saturated carbocycles. The molecule has 1 fully saturated rings. The predicted octanol–water partition coefficient (Wildman–Crippen LogP) is 3.73. The number of nitrogens with zero attached hydrogens (tertiary/aromatic N) is 1. The van der Waals surface area contributed by atoms with Gasteiger partial charge in [-0.1, -0.05) is 19.1 Å². The third-order valence-corrected chi connectivity index (χ3v) is 4.83. The van der Waals surface area contributed by atoms with Crippen LogP contribution in [0.4, 0.5) is 0 Å². The van der Waals surface area contributed by atoms with E-state index in [1.807, 2.05) is 23.5 Å². The van der Waals surface area contributed by atoms with Crippen molar-refractivity contribution in [3.8, 4) is 5.75 Å². The number of rotatable bonds is 7. The highest BCUT2D eigenvalue weighted by Gasteiger charge is 2.29. The summed E-state index contributed by atoms with van der Waals surface area (Å²) in [5, 5.41) is 4.65. The molecule has 0 atom stereocenters. The van der Waals surface area contributed by atoms with E-state index in [4.69, 9.17) is 9.72 Å². The van der Waals surface area contributed by atoms with Crippen molar-refractivity contribution in [3.63, 3.8) is 0 Å². The molecule has 1 aromatic heterocycles. The monoisotopic (exact) mass is 302 g/mol. The van der Waals surface area contributed by atoms with E-state index in [0.717, 1.165) is 25.3 Å². The van der Waals surface area contributed by atoms with Gasteiger partial charge in [-0.25, -0.2) is 4.98 Å². The van der Waals surface area contributed by atoms with E-state index in [0.29, 0.717) is 5.92 Å². The first-order valence-electron chi connectivity index (χ1n) is 7.62. The van der Waals surface area contributed by atoms with E-state index in [1.54, 1.807) is 7.11 Å². The van der Waals surface area contributed by atoms with Gasteiger partial charge in [0, 0.05) is 23.8 Å². The van der Waals surface area contributed by atoms with Crippen molar-refractivity contribution in [2.45, 2.75) is 38.6 Å². The van der Waals surface area contributed by atoms with Gasteiger partial charge in [-0.2, -0.15) is 0 Å². The Bertz CT molecular complexity index is 605. The lowest BCUT2D eigenvalue weighted by atomic mass is 10.1. The number of hydrogen-bond donors (Lipinski definition) is 1. The summed E-state index contributed by atoms with van der Waals surface area (Å²) in [6.45, 7) is 4.11. The average Bonchev–Trinajstić information content (AvgIpc) is 3.28. The molecule has 1 aromatic carbocycles. The van der Waals surface area contributed by atoms with Crippen LogP contribution in [0.25, 0.3) is 0 Å². The van der Waals surface area contributed by atoms with Crippen molar-refractivity contribution in [3.05, 3.63) is 45.4 Å². The second-order valence-electron chi connectivity index (χ2n) is 5.50. The highest BCUT2D eigenvalue weighted by Crippen LogP contribution is 2.42. The summed E-state index contributed by atoms with van der Waals surface area (Å²) in [4.78, 5) is 6.34. The highest BCUT2D eigenvalue weighted by atomic mass is 32.1. The van der Waals surface area contributed by atoms with E-state index in [9.17, 15) is 0 Å². The van der Waals surface area contributed by atoms with Crippen LogP contribution in [0.5, 0.6) is 5.75 Å². The smallest absolute Gasteiger partial charge is 0.119 e. The van der Waals surface area contributed by atoms with E-state index >= 15 is 0 Å². The zero-order chi connectivity index (χ0) is 14.7. The van der Waals surface area contributed by atoms with E-state index in [1.165, 1.54) is 34.0 Å². The Morgan fingerprint density at radius 3 is 2.95 bits per heavy atom. The van der Waals surface area contributed by atoms with Crippen LogP contribution in [0.1, 0.15) is 46.8 Å². The molecule has 2 aromatic rings. The van der Waals surface area contributed by atoms with Crippen LogP contribution in [0.3, 0.4) is 0 Å². The number of ether oxygens (including phenoxy) is 1. The molecule has 0 aliphatic heterocycles. The molecule has 4 heteroatoms. The molecule has 0 spiro atoms. The molecule has 1 heterocycles. The van der Waals surface area contributed by atoms with Gasteiger partial charge in [0.2, 0.25) is 0 Å². The molecule has 0 saturated heterocycles. The van der Waals surface area contributed by atoms with Gasteiger partial charge >= 0.3 is 0 Å². The molecule has 1 aliphatic carbocycles. The molecule has 0 amide bonds. The van der Waals surface area contributed by atoms with Crippen molar-refractivity contribution in [2.75, 3.05) is 13.7 Å². The predicted molar refractivity (Wildman–Crippen MR) is 87.3 cm³/mol. The molecule has 3 nitrogen and oxygen atoms in total. The number of aromatic nitrogens is 1. The number of benzene rings is 1. The van der Waals surface area contributed by atoms with Crippen molar-refractivity contribution in [1.82, 2.24) is 10.3 Å². The van der Waals surface area contributed by atoms with Crippen LogP contribution in [0.15, 0.2) is 24.3 Å². The SMILES string of the molecule is CCNCc1sc(Cc2cccc(OC)c2)nc1C1CC1. The Hall–Kier alpha value is -1.39. The summed E-state index contributed by atoms with van der Waals surface area (Å²) in [5.41, 5.74) is 2.61. The fourth-order valence-corrected chi connectivity index (χ4v) is 3.65. The Kier molecular flexibility index (Phi) is 4.56. The molecule has 0 bridgehead atoms. The van der Waals surface area contributed by atoms with Crippen molar-refractivity contribution < 1.29 is 4.74 Å². The van der Waals surface area contributed by atoms with Crippen LogP contribution < -0.4 is 10.1 Å². The van der Waals surface area contributed by atoms with Crippen LogP contribution in [0, 0.1) is 0 Å². The lowest BCUT2D eigenvalue weighted by molar-refractivity contribution is 0.414. The Morgan fingerprint density at radius 2 is 2.24 bits per heavy atom. The first-order chi connectivity index (χ1) is 10.3. The summed E-state index contributed by atoms with van der Waals surface area (Å²) < 4.78 is 5.30. The lowest BCUT2D eigenvalue weighted by Crippen LogP contribution is -2.11. The van der Waals surface area contributed by atoms with Crippen LogP contribution in [0.2, 0.25) is 0 Å². The molecule has 21 heavy (non-hydrogen) atoms. The van der Waals surface area contributed by atoms with Gasteiger partial charge in [0.25, 0.3) is 0 Å². The molecular weight excluding hydrogens is 280 g/mol. The lowest BCUT2D eigenvalue weighted by Gasteiger charge is -2.02. The Labute approximate surface area is 130 Å². The molecule has 1 N–H and O–H groups in total. The van der Waals surface area contributed by atoms with E-state index in [2.05, 4.69) is 24.4 Å². The zero-order valence-electron chi connectivity index (χ0n) is 12.7. The summed E-state index contributed by atoms with van der Waals surface area (Å²) >= 11 is 1.86. The van der Waals surface area contributed by atoms with Crippen LogP contribution >= 0.6 is 11.3 Å². The number of methoxy groups -OCH3 is 1. The van der Waals surface area contributed by atoms with Crippen LogP contribution in [-0.2, 0) is 13.0 Å². The number of hydrogen-bond acceptors (Lipinski definition) is 4. The molecule has 112 valence electrons. The van der Waals surface area contributed by atoms with Crippen LogP contribution in [-0.4, -0.2) is 18.6 Å². The van der Waals surface area contributed by atoms with Gasteiger partial charge in [0.05, 0.1) is 17.8 Å². The summed E-state index contributed by atoms with van der Waals surface area (Å²) in [6, 6.07) is 8.27. The highest BCUT2D eigenvalue weighted by molar-refractivity contribution is 7.11. The zero-order valence-corrected chi connectivity index (χ0v) is 13.5. The number of nitrogens with one attached hydrogen (secondary N) is 1. The minimum Gasteiger partial charge on any atom is -0.497 e. The first kappa shape index (κ1) is 14.5. The topological polar surface area (TPSA) is 34.1 Å².